The molecule has 1 atom stereocenters. The highest BCUT2D eigenvalue weighted by Crippen LogP contribution is 2.41. The number of unbranched alkanes of at least 4 members (excludes halogenated alkanes) is 2. The quantitative estimate of drug-likeness (QED) is 0.659. The summed E-state index contributed by atoms with van der Waals surface area (Å²) in [6, 6.07) is 9.60. The van der Waals surface area contributed by atoms with E-state index in [1.165, 1.54) is 44.1 Å². The van der Waals surface area contributed by atoms with Gasteiger partial charge in [-0.1, -0.05) is 50.5 Å². The molecule has 0 bridgehead atoms. The molecule has 0 saturated heterocycles. The molecule has 1 aromatic rings. The molecule has 0 aromatic heterocycles. The van der Waals surface area contributed by atoms with Gasteiger partial charge in [0.15, 0.2) is 0 Å². The van der Waals surface area contributed by atoms with Crippen LogP contribution < -0.4 is 5.32 Å². The first kappa shape index (κ1) is 13.6. The highest BCUT2D eigenvalue weighted by Gasteiger charge is 2.25. The fourth-order valence-corrected chi connectivity index (χ4v) is 2.57. The first-order valence-corrected chi connectivity index (χ1v) is 7.62. The molecule has 1 heteroatoms. The second-order valence-corrected chi connectivity index (χ2v) is 5.75. The SMILES string of the molecule is CCCCCC(C)NCc1ccccc1C1CC1. The van der Waals surface area contributed by atoms with Gasteiger partial charge in [0.05, 0.1) is 0 Å². The van der Waals surface area contributed by atoms with Crippen LogP contribution in [0.4, 0.5) is 0 Å². The molecule has 0 spiro atoms. The number of benzene rings is 1. The summed E-state index contributed by atoms with van der Waals surface area (Å²) in [5.41, 5.74) is 3.10. The zero-order chi connectivity index (χ0) is 12.8. The minimum Gasteiger partial charge on any atom is -0.310 e. The Morgan fingerprint density at radius 2 is 2.00 bits per heavy atom. The third-order valence-electron chi connectivity index (χ3n) is 3.95. The topological polar surface area (TPSA) is 12.0 Å². The lowest BCUT2D eigenvalue weighted by Crippen LogP contribution is -2.25. The normalized spacial score (nSPS) is 16.8. The third-order valence-corrected chi connectivity index (χ3v) is 3.95. The van der Waals surface area contributed by atoms with Crippen molar-refractivity contribution < 1.29 is 0 Å². The molecule has 1 aliphatic rings. The van der Waals surface area contributed by atoms with Crippen molar-refractivity contribution in [1.82, 2.24) is 5.32 Å². The van der Waals surface area contributed by atoms with Gasteiger partial charge < -0.3 is 5.32 Å². The molecule has 100 valence electrons. The molecule has 1 saturated carbocycles. The van der Waals surface area contributed by atoms with Crippen LogP contribution in [0.3, 0.4) is 0 Å². The lowest BCUT2D eigenvalue weighted by Gasteiger charge is -2.15. The van der Waals surface area contributed by atoms with Crippen molar-refractivity contribution in [3.05, 3.63) is 35.4 Å². The van der Waals surface area contributed by atoms with Gasteiger partial charge >= 0.3 is 0 Å². The maximum absolute atomic E-state index is 3.68. The minimum absolute atomic E-state index is 0.642. The summed E-state index contributed by atoms with van der Waals surface area (Å²) in [5.74, 6) is 0.860. The second-order valence-electron chi connectivity index (χ2n) is 5.75. The van der Waals surface area contributed by atoms with E-state index in [0.29, 0.717) is 6.04 Å². The van der Waals surface area contributed by atoms with Crippen LogP contribution in [0.5, 0.6) is 0 Å². The highest BCUT2D eigenvalue weighted by molar-refractivity contribution is 5.33. The average Bonchev–Trinajstić information content (AvgIpc) is 3.21. The van der Waals surface area contributed by atoms with Crippen LogP contribution in [0.1, 0.15) is 69.4 Å². The Kier molecular flexibility index (Phi) is 5.25. The monoisotopic (exact) mass is 245 g/mol. The van der Waals surface area contributed by atoms with Crippen LogP contribution >= 0.6 is 0 Å². The van der Waals surface area contributed by atoms with Crippen LogP contribution in [-0.2, 0) is 6.54 Å². The van der Waals surface area contributed by atoms with Gasteiger partial charge in [0, 0.05) is 12.6 Å². The van der Waals surface area contributed by atoms with Gasteiger partial charge in [0.2, 0.25) is 0 Å². The van der Waals surface area contributed by atoms with Gasteiger partial charge in [-0.25, -0.2) is 0 Å². The van der Waals surface area contributed by atoms with Gasteiger partial charge in [-0.3, -0.25) is 0 Å². The van der Waals surface area contributed by atoms with Crippen molar-refractivity contribution >= 4 is 0 Å². The van der Waals surface area contributed by atoms with E-state index in [1.807, 2.05) is 0 Å². The van der Waals surface area contributed by atoms with Crippen molar-refractivity contribution in [2.45, 2.75) is 70.9 Å². The molecule has 18 heavy (non-hydrogen) atoms. The Bertz CT molecular complexity index is 354. The third kappa shape index (κ3) is 4.13. The van der Waals surface area contributed by atoms with Crippen molar-refractivity contribution in [2.24, 2.45) is 0 Å². The number of hydrogen-bond donors (Lipinski definition) is 1. The fraction of sp³-hybridized carbons (Fsp3) is 0.647. The van der Waals surface area contributed by atoms with E-state index in [4.69, 9.17) is 0 Å². The fourth-order valence-electron chi connectivity index (χ4n) is 2.57. The van der Waals surface area contributed by atoms with E-state index in [9.17, 15) is 0 Å². The van der Waals surface area contributed by atoms with Crippen molar-refractivity contribution in [1.29, 1.82) is 0 Å². The molecule has 1 fully saturated rings. The largest absolute Gasteiger partial charge is 0.310 e. The maximum atomic E-state index is 3.68. The molecule has 0 aliphatic heterocycles. The molecular weight excluding hydrogens is 218 g/mol. The molecule has 0 heterocycles. The Hall–Kier alpha value is -0.820. The number of nitrogens with one attached hydrogen (secondary N) is 1. The first-order valence-electron chi connectivity index (χ1n) is 7.62. The molecule has 1 unspecified atom stereocenters. The summed E-state index contributed by atoms with van der Waals surface area (Å²) in [6.07, 6.45) is 8.13. The van der Waals surface area contributed by atoms with Gasteiger partial charge in [-0.05, 0) is 43.2 Å². The minimum atomic E-state index is 0.642. The summed E-state index contributed by atoms with van der Waals surface area (Å²) in [5, 5.41) is 3.68. The molecule has 0 radical (unpaired) electrons. The van der Waals surface area contributed by atoms with Gasteiger partial charge in [-0.15, -0.1) is 0 Å². The lowest BCUT2D eigenvalue weighted by atomic mass is 10.0. The van der Waals surface area contributed by atoms with E-state index in [1.54, 1.807) is 5.56 Å². The van der Waals surface area contributed by atoms with Gasteiger partial charge in [0.25, 0.3) is 0 Å². The van der Waals surface area contributed by atoms with Gasteiger partial charge in [-0.2, -0.15) is 0 Å². The van der Waals surface area contributed by atoms with Crippen LogP contribution in [0.2, 0.25) is 0 Å². The summed E-state index contributed by atoms with van der Waals surface area (Å²) in [4.78, 5) is 0. The lowest BCUT2D eigenvalue weighted by molar-refractivity contribution is 0.486. The Balaban J connectivity index is 1.78. The predicted molar refractivity (Wildman–Crippen MR) is 78.9 cm³/mol. The van der Waals surface area contributed by atoms with Crippen molar-refractivity contribution in [2.75, 3.05) is 0 Å². The second kappa shape index (κ2) is 6.94. The molecule has 1 nitrogen and oxygen atoms in total. The molecular formula is C17H27N. The zero-order valence-corrected chi connectivity index (χ0v) is 11.9. The Morgan fingerprint density at radius 1 is 1.22 bits per heavy atom. The zero-order valence-electron chi connectivity index (χ0n) is 11.9. The van der Waals surface area contributed by atoms with Crippen LogP contribution in [0.15, 0.2) is 24.3 Å². The first-order chi connectivity index (χ1) is 8.81. The number of hydrogen-bond acceptors (Lipinski definition) is 1. The van der Waals surface area contributed by atoms with Crippen LogP contribution in [0.25, 0.3) is 0 Å². The van der Waals surface area contributed by atoms with E-state index < -0.39 is 0 Å². The summed E-state index contributed by atoms with van der Waals surface area (Å²) < 4.78 is 0. The van der Waals surface area contributed by atoms with E-state index >= 15 is 0 Å². The van der Waals surface area contributed by atoms with E-state index in [2.05, 4.69) is 43.4 Å². The average molecular weight is 245 g/mol. The van der Waals surface area contributed by atoms with Gasteiger partial charge in [0.1, 0.15) is 0 Å². The van der Waals surface area contributed by atoms with Crippen LogP contribution in [-0.4, -0.2) is 6.04 Å². The smallest absolute Gasteiger partial charge is 0.0210 e. The summed E-state index contributed by atoms with van der Waals surface area (Å²) in [6.45, 7) is 5.62. The molecule has 2 rings (SSSR count). The summed E-state index contributed by atoms with van der Waals surface area (Å²) >= 11 is 0. The Labute approximate surface area is 112 Å². The van der Waals surface area contributed by atoms with Crippen LogP contribution in [0, 0.1) is 0 Å². The highest BCUT2D eigenvalue weighted by atomic mass is 14.9. The molecule has 1 N–H and O–H groups in total. The van der Waals surface area contributed by atoms with Crippen molar-refractivity contribution in [3.63, 3.8) is 0 Å². The Morgan fingerprint density at radius 3 is 2.72 bits per heavy atom. The molecule has 0 amide bonds. The van der Waals surface area contributed by atoms with Crippen molar-refractivity contribution in [3.8, 4) is 0 Å². The van der Waals surface area contributed by atoms with E-state index in [-0.39, 0.29) is 0 Å². The van der Waals surface area contributed by atoms with E-state index in [0.717, 1.165) is 12.5 Å². The molecule has 1 aliphatic carbocycles. The number of rotatable bonds is 8. The predicted octanol–water partition coefficient (Wildman–Crippen LogP) is 4.62. The summed E-state index contributed by atoms with van der Waals surface area (Å²) in [7, 11) is 0. The maximum Gasteiger partial charge on any atom is 0.0210 e. The standard InChI is InChI=1S/C17H27N/c1-3-4-5-8-14(2)18-13-16-9-6-7-10-17(16)15-11-12-15/h6-7,9-10,14-15,18H,3-5,8,11-13H2,1-2H3. The molecule has 1 aromatic carbocycles.